The lowest BCUT2D eigenvalue weighted by Crippen LogP contribution is -2.30. The fourth-order valence-corrected chi connectivity index (χ4v) is 3.04. The molecule has 3 N–H and O–H groups in total. The summed E-state index contributed by atoms with van der Waals surface area (Å²) in [6.45, 7) is -1.01. The fraction of sp³-hybridized carbons (Fsp3) is 0.200. The van der Waals surface area contributed by atoms with Crippen LogP contribution >= 0.6 is 11.6 Å². The van der Waals surface area contributed by atoms with Crippen molar-refractivity contribution in [2.75, 3.05) is 18.5 Å². The first kappa shape index (κ1) is 14.6. The number of carboxylic acids is 1. The molecule has 0 aromatic heterocycles. The van der Waals surface area contributed by atoms with Crippen LogP contribution in [0.4, 0.5) is 5.69 Å². The van der Waals surface area contributed by atoms with Gasteiger partial charge in [-0.15, -0.1) is 0 Å². The Kier molecular flexibility index (Phi) is 3.84. The van der Waals surface area contributed by atoms with E-state index in [1.165, 1.54) is 6.07 Å². The molecular weight excluding hydrogens is 312 g/mol. The minimum atomic E-state index is -4.09. The molecule has 1 aromatic rings. The van der Waals surface area contributed by atoms with Crippen LogP contribution < -0.4 is 14.8 Å². The van der Waals surface area contributed by atoms with Gasteiger partial charge in [-0.3, -0.25) is 9.59 Å². The molecule has 1 heterocycles. The molecule has 0 atom stereocenters. The van der Waals surface area contributed by atoms with E-state index in [1.54, 1.807) is 0 Å². The number of hydrogen-bond donors (Lipinski definition) is 3. The molecule has 0 spiro atoms. The molecule has 0 unspecified atom stereocenters. The summed E-state index contributed by atoms with van der Waals surface area (Å²) in [6.07, 6.45) is 0. The third-order valence-corrected chi connectivity index (χ3v) is 4.24. The molecular formula is C10H9ClN2O6S. The maximum atomic E-state index is 11.9. The molecule has 1 aromatic carbocycles. The molecule has 0 fully saturated rings. The van der Waals surface area contributed by atoms with Gasteiger partial charge >= 0.3 is 5.97 Å². The lowest BCUT2D eigenvalue weighted by molar-refractivity contribution is -0.135. The SMILES string of the molecule is O=C(O)CNS(=O)(=O)c1cc2c(cc1Cl)NC(=O)CO2. The van der Waals surface area contributed by atoms with E-state index in [9.17, 15) is 18.0 Å². The van der Waals surface area contributed by atoms with Gasteiger partial charge in [-0.1, -0.05) is 11.6 Å². The van der Waals surface area contributed by atoms with E-state index in [1.807, 2.05) is 4.72 Å². The molecule has 2 rings (SSSR count). The van der Waals surface area contributed by atoms with Crippen molar-refractivity contribution in [1.82, 2.24) is 4.72 Å². The molecule has 1 amide bonds. The monoisotopic (exact) mass is 320 g/mol. The summed E-state index contributed by atoms with van der Waals surface area (Å²) in [5.41, 5.74) is 0.253. The van der Waals surface area contributed by atoms with Crippen LogP contribution in [0.1, 0.15) is 0 Å². The molecule has 10 heteroatoms. The van der Waals surface area contributed by atoms with Crippen LogP contribution in [-0.2, 0) is 19.6 Å². The summed E-state index contributed by atoms with van der Waals surface area (Å²) in [5.74, 6) is -1.57. The Morgan fingerprint density at radius 3 is 2.85 bits per heavy atom. The first-order valence-corrected chi connectivity index (χ1v) is 7.13. The Morgan fingerprint density at radius 2 is 2.20 bits per heavy atom. The molecule has 1 aliphatic heterocycles. The van der Waals surface area contributed by atoms with Gasteiger partial charge in [-0.05, 0) is 6.07 Å². The van der Waals surface area contributed by atoms with Crippen LogP contribution in [0.5, 0.6) is 5.75 Å². The maximum Gasteiger partial charge on any atom is 0.318 e. The number of fused-ring (bicyclic) bond motifs is 1. The van der Waals surface area contributed by atoms with Crippen LogP contribution in [0, 0.1) is 0 Å². The number of rotatable bonds is 4. The van der Waals surface area contributed by atoms with Gasteiger partial charge in [0.25, 0.3) is 5.91 Å². The number of halogens is 1. The largest absolute Gasteiger partial charge is 0.482 e. The fourth-order valence-electron chi connectivity index (χ4n) is 1.52. The van der Waals surface area contributed by atoms with Crippen molar-refractivity contribution in [3.63, 3.8) is 0 Å². The van der Waals surface area contributed by atoms with Gasteiger partial charge < -0.3 is 15.2 Å². The lowest BCUT2D eigenvalue weighted by Gasteiger charge is -2.19. The van der Waals surface area contributed by atoms with Gasteiger partial charge in [0, 0.05) is 6.07 Å². The van der Waals surface area contributed by atoms with Crippen LogP contribution in [-0.4, -0.2) is 38.6 Å². The summed E-state index contributed by atoms with van der Waals surface area (Å²) < 4.78 is 30.8. The molecule has 0 radical (unpaired) electrons. The van der Waals surface area contributed by atoms with E-state index in [4.69, 9.17) is 21.4 Å². The highest BCUT2D eigenvalue weighted by Crippen LogP contribution is 2.35. The first-order valence-electron chi connectivity index (χ1n) is 5.27. The van der Waals surface area contributed by atoms with Crippen LogP contribution in [0.25, 0.3) is 0 Å². The number of hydrogen-bond acceptors (Lipinski definition) is 5. The van der Waals surface area contributed by atoms with Crippen molar-refractivity contribution in [1.29, 1.82) is 0 Å². The Hall–Kier alpha value is -1.84. The summed E-state index contributed by atoms with van der Waals surface area (Å²) in [6, 6.07) is 2.35. The normalized spacial score (nSPS) is 14.2. The lowest BCUT2D eigenvalue weighted by atomic mass is 10.2. The quantitative estimate of drug-likeness (QED) is 0.719. The summed E-state index contributed by atoms with van der Waals surface area (Å²) in [4.78, 5) is 21.2. The Morgan fingerprint density at radius 1 is 1.50 bits per heavy atom. The van der Waals surface area contributed by atoms with E-state index >= 15 is 0 Å². The van der Waals surface area contributed by atoms with Crippen molar-refractivity contribution in [2.24, 2.45) is 0 Å². The second-order valence-electron chi connectivity index (χ2n) is 3.83. The Bertz CT molecular complexity index is 687. The minimum absolute atomic E-state index is 0.143. The molecule has 8 nitrogen and oxygen atoms in total. The Labute approximate surface area is 118 Å². The average Bonchev–Trinajstić information content (AvgIpc) is 2.35. The third-order valence-electron chi connectivity index (χ3n) is 2.37. The number of ether oxygens (including phenoxy) is 1. The molecule has 0 aliphatic carbocycles. The van der Waals surface area contributed by atoms with Crippen LogP contribution in [0.2, 0.25) is 5.02 Å². The van der Waals surface area contributed by atoms with Crippen molar-refractivity contribution >= 4 is 39.2 Å². The van der Waals surface area contributed by atoms with Crippen LogP contribution in [0.3, 0.4) is 0 Å². The highest BCUT2D eigenvalue weighted by atomic mass is 35.5. The van der Waals surface area contributed by atoms with E-state index in [0.717, 1.165) is 6.07 Å². The summed E-state index contributed by atoms with van der Waals surface area (Å²) in [7, 11) is -4.09. The van der Waals surface area contributed by atoms with E-state index in [2.05, 4.69) is 5.32 Å². The molecule has 0 saturated carbocycles. The standard InChI is InChI=1S/C10H9ClN2O6S/c11-5-1-6-7(19-4-9(14)13-6)2-8(5)20(17,18)12-3-10(15)16/h1-2,12H,3-4H2,(H,13,14)(H,15,16). The van der Waals surface area contributed by atoms with E-state index in [0.29, 0.717) is 0 Å². The van der Waals surface area contributed by atoms with Gasteiger partial charge in [0.2, 0.25) is 10.0 Å². The van der Waals surface area contributed by atoms with Gasteiger partial charge in [0.15, 0.2) is 6.61 Å². The number of nitrogens with one attached hydrogen (secondary N) is 2. The summed E-state index contributed by atoms with van der Waals surface area (Å²) >= 11 is 5.84. The first-order chi connectivity index (χ1) is 9.29. The third kappa shape index (κ3) is 3.00. The zero-order valence-corrected chi connectivity index (χ0v) is 11.4. The highest BCUT2D eigenvalue weighted by molar-refractivity contribution is 7.89. The van der Waals surface area contributed by atoms with Gasteiger partial charge in [-0.2, -0.15) is 4.72 Å². The molecule has 1 aliphatic rings. The van der Waals surface area contributed by atoms with E-state index < -0.39 is 22.5 Å². The number of aliphatic carboxylic acids is 1. The van der Waals surface area contributed by atoms with Gasteiger partial charge in [-0.25, -0.2) is 8.42 Å². The number of anilines is 1. The van der Waals surface area contributed by atoms with Crippen molar-refractivity contribution < 1.29 is 27.9 Å². The molecule has 20 heavy (non-hydrogen) atoms. The number of sulfonamides is 1. The predicted molar refractivity (Wildman–Crippen MR) is 68.4 cm³/mol. The topological polar surface area (TPSA) is 122 Å². The van der Waals surface area contributed by atoms with Crippen LogP contribution in [0.15, 0.2) is 17.0 Å². The number of carboxylic acid groups (broad SMARTS) is 1. The van der Waals surface area contributed by atoms with Gasteiger partial charge in [0.05, 0.1) is 10.7 Å². The number of amides is 1. The number of carbonyl (C=O) groups is 2. The maximum absolute atomic E-state index is 11.9. The molecule has 0 bridgehead atoms. The average molecular weight is 321 g/mol. The number of benzene rings is 1. The Balaban J connectivity index is 2.38. The predicted octanol–water partition coefficient (Wildman–Crippen LogP) is 0.0338. The second kappa shape index (κ2) is 5.27. The zero-order chi connectivity index (χ0) is 14.9. The smallest absolute Gasteiger partial charge is 0.318 e. The minimum Gasteiger partial charge on any atom is -0.482 e. The van der Waals surface area contributed by atoms with Crippen molar-refractivity contribution in [3.05, 3.63) is 17.2 Å². The zero-order valence-electron chi connectivity index (χ0n) is 9.84. The number of carbonyl (C=O) groups excluding carboxylic acids is 1. The molecule has 0 saturated heterocycles. The van der Waals surface area contributed by atoms with Crippen molar-refractivity contribution in [3.8, 4) is 5.75 Å². The molecule has 108 valence electrons. The van der Waals surface area contributed by atoms with Gasteiger partial charge in [0.1, 0.15) is 17.2 Å². The second-order valence-corrected chi connectivity index (χ2v) is 5.98. The van der Waals surface area contributed by atoms with Crippen molar-refractivity contribution in [2.45, 2.75) is 4.90 Å². The van der Waals surface area contributed by atoms with E-state index in [-0.39, 0.29) is 33.9 Å². The highest BCUT2D eigenvalue weighted by Gasteiger charge is 2.24. The summed E-state index contributed by atoms with van der Waals surface area (Å²) in [5, 5.41) is 10.8.